The standard InChI is InChI=1S/C19H22N2O/c20-14-19(22)21-11-9-16(10-12-21)18-8-4-7-17(13-18)15-5-2-1-3-6-15/h1-8,13,16H,9-12,14,20H2. The fourth-order valence-electron chi connectivity index (χ4n) is 3.19. The highest BCUT2D eigenvalue weighted by Crippen LogP contribution is 2.30. The Labute approximate surface area is 131 Å². The van der Waals surface area contributed by atoms with Gasteiger partial charge in [-0.25, -0.2) is 0 Å². The third-order valence-corrected chi connectivity index (χ3v) is 4.49. The van der Waals surface area contributed by atoms with Crippen LogP contribution in [0, 0.1) is 0 Å². The maximum absolute atomic E-state index is 11.7. The van der Waals surface area contributed by atoms with Crippen molar-refractivity contribution in [1.82, 2.24) is 4.90 Å². The SMILES string of the molecule is NCC(=O)N1CCC(c2cccc(-c3ccccc3)c2)CC1. The monoisotopic (exact) mass is 294 g/mol. The predicted molar refractivity (Wildman–Crippen MR) is 89.5 cm³/mol. The molecule has 1 aliphatic rings. The summed E-state index contributed by atoms with van der Waals surface area (Å²) in [6.45, 7) is 1.75. The zero-order valence-corrected chi connectivity index (χ0v) is 12.7. The van der Waals surface area contributed by atoms with Gasteiger partial charge in [-0.05, 0) is 35.4 Å². The first-order valence-corrected chi connectivity index (χ1v) is 7.91. The molecule has 2 N–H and O–H groups in total. The highest BCUT2D eigenvalue weighted by Gasteiger charge is 2.23. The molecule has 2 aromatic carbocycles. The minimum absolute atomic E-state index is 0.0662. The number of nitrogens with zero attached hydrogens (tertiary/aromatic N) is 1. The highest BCUT2D eigenvalue weighted by atomic mass is 16.2. The van der Waals surface area contributed by atoms with Crippen molar-refractivity contribution in [2.24, 2.45) is 5.73 Å². The number of benzene rings is 2. The molecule has 0 radical (unpaired) electrons. The van der Waals surface area contributed by atoms with E-state index in [1.807, 2.05) is 11.0 Å². The summed E-state index contributed by atoms with van der Waals surface area (Å²) in [5.74, 6) is 0.599. The van der Waals surface area contributed by atoms with Crippen LogP contribution < -0.4 is 5.73 Å². The third-order valence-electron chi connectivity index (χ3n) is 4.49. The summed E-state index contributed by atoms with van der Waals surface area (Å²) in [6, 6.07) is 19.2. The number of amides is 1. The van der Waals surface area contributed by atoms with Crippen molar-refractivity contribution in [3.8, 4) is 11.1 Å². The van der Waals surface area contributed by atoms with Crippen LogP contribution in [0.15, 0.2) is 54.6 Å². The Bertz CT molecular complexity index is 631. The molecular weight excluding hydrogens is 272 g/mol. The second-order valence-corrected chi connectivity index (χ2v) is 5.85. The number of hydrogen-bond acceptors (Lipinski definition) is 2. The van der Waals surface area contributed by atoms with Crippen LogP contribution in [0.2, 0.25) is 0 Å². The lowest BCUT2D eigenvalue weighted by Gasteiger charge is -2.32. The molecule has 114 valence electrons. The molecule has 2 aromatic rings. The van der Waals surface area contributed by atoms with Gasteiger partial charge in [0.1, 0.15) is 0 Å². The Morgan fingerprint density at radius 1 is 1.00 bits per heavy atom. The highest BCUT2D eigenvalue weighted by molar-refractivity contribution is 5.78. The van der Waals surface area contributed by atoms with E-state index in [0.717, 1.165) is 25.9 Å². The summed E-state index contributed by atoms with van der Waals surface area (Å²) < 4.78 is 0. The first kappa shape index (κ1) is 14.8. The van der Waals surface area contributed by atoms with Crippen LogP contribution in [-0.2, 0) is 4.79 Å². The number of piperidine rings is 1. The topological polar surface area (TPSA) is 46.3 Å². The molecule has 1 saturated heterocycles. The van der Waals surface area contributed by atoms with Gasteiger partial charge in [-0.1, -0.05) is 54.6 Å². The van der Waals surface area contributed by atoms with Crippen LogP contribution in [0.5, 0.6) is 0 Å². The van der Waals surface area contributed by atoms with Crippen molar-refractivity contribution in [2.75, 3.05) is 19.6 Å². The fourth-order valence-corrected chi connectivity index (χ4v) is 3.19. The average Bonchev–Trinajstić information content (AvgIpc) is 2.62. The lowest BCUT2D eigenvalue weighted by molar-refractivity contribution is -0.130. The number of hydrogen-bond donors (Lipinski definition) is 1. The first-order chi connectivity index (χ1) is 10.8. The molecule has 0 bridgehead atoms. The predicted octanol–water partition coefficient (Wildman–Crippen LogP) is 3.02. The second kappa shape index (κ2) is 6.75. The molecule has 1 fully saturated rings. The number of rotatable bonds is 3. The Morgan fingerprint density at radius 3 is 2.36 bits per heavy atom. The van der Waals surface area contributed by atoms with Crippen LogP contribution in [-0.4, -0.2) is 30.4 Å². The van der Waals surface area contributed by atoms with Gasteiger partial charge in [-0.3, -0.25) is 4.79 Å². The van der Waals surface area contributed by atoms with Crippen molar-refractivity contribution in [3.05, 3.63) is 60.2 Å². The van der Waals surface area contributed by atoms with E-state index < -0.39 is 0 Å². The summed E-state index contributed by atoms with van der Waals surface area (Å²) in [5.41, 5.74) is 9.33. The van der Waals surface area contributed by atoms with Crippen molar-refractivity contribution in [3.63, 3.8) is 0 Å². The smallest absolute Gasteiger partial charge is 0.236 e. The van der Waals surface area contributed by atoms with Crippen LogP contribution in [0.4, 0.5) is 0 Å². The molecule has 0 saturated carbocycles. The van der Waals surface area contributed by atoms with E-state index in [1.54, 1.807) is 0 Å². The van der Waals surface area contributed by atoms with Crippen LogP contribution in [0.25, 0.3) is 11.1 Å². The van der Waals surface area contributed by atoms with E-state index in [4.69, 9.17) is 5.73 Å². The van der Waals surface area contributed by atoms with E-state index in [0.29, 0.717) is 5.92 Å². The van der Waals surface area contributed by atoms with Gasteiger partial charge in [0.2, 0.25) is 5.91 Å². The molecule has 1 heterocycles. The fraction of sp³-hybridized carbons (Fsp3) is 0.316. The van der Waals surface area contributed by atoms with E-state index in [-0.39, 0.29) is 12.5 Å². The van der Waals surface area contributed by atoms with Crippen molar-refractivity contribution in [1.29, 1.82) is 0 Å². The van der Waals surface area contributed by atoms with Crippen LogP contribution in [0.1, 0.15) is 24.3 Å². The maximum Gasteiger partial charge on any atom is 0.236 e. The molecule has 3 heteroatoms. The van der Waals surface area contributed by atoms with E-state index >= 15 is 0 Å². The van der Waals surface area contributed by atoms with Crippen molar-refractivity contribution >= 4 is 5.91 Å². The number of carbonyl (C=O) groups excluding carboxylic acids is 1. The largest absolute Gasteiger partial charge is 0.342 e. The molecule has 0 atom stereocenters. The normalized spacial score (nSPS) is 15.8. The summed E-state index contributed by atoms with van der Waals surface area (Å²) in [6.07, 6.45) is 2.04. The molecule has 22 heavy (non-hydrogen) atoms. The molecule has 0 unspecified atom stereocenters. The zero-order valence-electron chi connectivity index (χ0n) is 12.7. The molecule has 0 spiro atoms. The quantitative estimate of drug-likeness (QED) is 0.946. The van der Waals surface area contributed by atoms with Crippen molar-refractivity contribution < 1.29 is 4.79 Å². The molecule has 3 nitrogen and oxygen atoms in total. The third kappa shape index (κ3) is 3.20. The van der Waals surface area contributed by atoms with E-state index in [9.17, 15) is 4.79 Å². The molecule has 3 rings (SSSR count). The average molecular weight is 294 g/mol. The molecular formula is C19H22N2O. The lowest BCUT2D eigenvalue weighted by atomic mass is 9.88. The number of likely N-dealkylation sites (tertiary alicyclic amines) is 1. The maximum atomic E-state index is 11.7. The van der Waals surface area contributed by atoms with Gasteiger partial charge >= 0.3 is 0 Å². The number of carbonyl (C=O) groups is 1. The number of nitrogens with two attached hydrogens (primary N) is 1. The summed E-state index contributed by atoms with van der Waals surface area (Å²) in [4.78, 5) is 13.5. The summed E-state index contributed by atoms with van der Waals surface area (Å²) in [5, 5.41) is 0. The molecule has 1 aliphatic heterocycles. The van der Waals surface area contributed by atoms with Crippen molar-refractivity contribution in [2.45, 2.75) is 18.8 Å². The summed E-state index contributed by atoms with van der Waals surface area (Å²) >= 11 is 0. The minimum Gasteiger partial charge on any atom is -0.342 e. The Morgan fingerprint density at radius 2 is 1.68 bits per heavy atom. The zero-order chi connectivity index (χ0) is 15.4. The Balaban J connectivity index is 1.73. The van der Waals surface area contributed by atoms with E-state index in [2.05, 4.69) is 48.5 Å². The Kier molecular flexibility index (Phi) is 4.54. The summed E-state index contributed by atoms with van der Waals surface area (Å²) in [7, 11) is 0. The molecule has 0 aliphatic carbocycles. The Hall–Kier alpha value is -2.13. The van der Waals surface area contributed by atoms with Gasteiger partial charge in [-0.15, -0.1) is 0 Å². The molecule has 0 aromatic heterocycles. The van der Waals surface area contributed by atoms with Gasteiger partial charge in [-0.2, -0.15) is 0 Å². The van der Waals surface area contributed by atoms with Gasteiger partial charge in [0.05, 0.1) is 6.54 Å². The van der Waals surface area contributed by atoms with Gasteiger partial charge in [0.25, 0.3) is 0 Å². The second-order valence-electron chi connectivity index (χ2n) is 5.85. The lowest BCUT2D eigenvalue weighted by Crippen LogP contribution is -2.41. The first-order valence-electron chi connectivity index (χ1n) is 7.91. The van der Waals surface area contributed by atoms with E-state index in [1.165, 1.54) is 16.7 Å². The van der Waals surface area contributed by atoms with Crippen LogP contribution in [0.3, 0.4) is 0 Å². The van der Waals surface area contributed by atoms with Gasteiger partial charge < -0.3 is 10.6 Å². The van der Waals surface area contributed by atoms with Gasteiger partial charge in [0, 0.05) is 13.1 Å². The van der Waals surface area contributed by atoms with Crippen LogP contribution >= 0.6 is 0 Å². The minimum atomic E-state index is 0.0662. The molecule has 1 amide bonds. The van der Waals surface area contributed by atoms with Gasteiger partial charge in [0.15, 0.2) is 0 Å².